The maximum atomic E-state index is 12.5. The van der Waals surface area contributed by atoms with Gasteiger partial charge in [-0.2, -0.15) is 12.6 Å². The van der Waals surface area contributed by atoms with Crippen molar-refractivity contribution >= 4 is 35.8 Å². The first-order chi connectivity index (χ1) is 18.8. The zero-order chi connectivity index (χ0) is 28.6. The molecule has 0 fully saturated rings. The van der Waals surface area contributed by atoms with Gasteiger partial charge in [0.05, 0.1) is 24.1 Å². The SMILES string of the molecule is COc1cc(F)ccc1[N+](=O)[O-].COc1cc(SCc2ccccc2)ccc1[N+](=O)[O-].SCc1ccccc1. The van der Waals surface area contributed by atoms with E-state index >= 15 is 0 Å². The van der Waals surface area contributed by atoms with Crippen molar-refractivity contribution in [1.29, 1.82) is 0 Å². The summed E-state index contributed by atoms with van der Waals surface area (Å²) in [6.45, 7) is 0. The molecule has 0 saturated heterocycles. The summed E-state index contributed by atoms with van der Waals surface area (Å²) in [6.07, 6.45) is 0. The summed E-state index contributed by atoms with van der Waals surface area (Å²) in [5.74, 6) is 1.32. The van der Waals surface area contributed by atoms with Crippen molar-refractivity contribution < 1.29 is 23.7 Å². The van der Waals surface area contributed by atoms with Gasteiger partial charge in [0.1, 0.15) is 5.82 Å². The molecule has 0 aliphatic rings. The Hall–Kier alpha value is -4.09. The normalized spacial score (nSPS) is 9.74. The smallest absolute Gasteiger partial charge is 0.311 e. The summed E-state index contributed by atoms with van der Waals surface area (Å²) >= 11 is 5.73. The van der Waals surface area contributed by atoms with E-state index < -0.39 is 15.7 Å². The van der Waals surface area contributed by atoms with Crippen molar-refractivity contribution in [3.05, 3.63) is 134 Å². The van der Waals surface area contributed by atoms with Gasteiger partial charge in [0.15, 0.2) is 11.5 Å². The minimum Gasteiger partial charge on any atom is -0.490 e. The first-order valence-electron chi connectivity index (χ1n) is 11.4. The summed E-state index contributed by atoms with van der Waals surface area (Å²) < 4.78 is 22.1. The molecule has 39 heavy (non-hydrogen) atoms. The van der Waals surface area contributed by atoms with Crippen LogP contribution in [0.2, 0.25) is 0 Å². The summed E-state index contributed by atoms with van der Waals surface area (Å²) in [5, 5.41) is 21.1. The highest BCUT2D eigenvalue weighted by Crippen LogP contribution is 2.33. The highest BCUT2D eigenvalue weighted by atomic mass is 32.2. The van der Waals surface area contributed by atoms with E-state index in [9.17, 15) is 24.6 Å². The molecular formula is C28H27FN2O6S2. The van der Waals surface area contributed by atoms with Crippen LogP contribution >= 0.6 is 24.4 Å². The van der Waals surface area contributed by atoms with E-state index in [2.05, 4.69) is 41.6 Å². The lowest BCUT2D eigenvalue weighted by atomic mass is 10.2. The maximum absolute atomic E-state index is 12.5. The van der Waals surface area contributed by atoms with Gasteiger partial charge in [-0.15, -0.1) is 11.8 Å². The molecule has 0 saturated carbocycles. The van der Waals surface area contributed by atoms with E-state index in [1.165, 1.54) is 31.4 Å². The molecule has 0 radical (unpaired) electrons. The Labute approximate surface area is 235 Å². The second-order valence-corrected chi connectivity index (χ2v) is 8.95. The van der Waals surface area contributed by atoms with Crippen molar-refractivity contribution in [2.24, 2.45) is 0 Å². The number of halogens is 1. The molecule has 0 heterocycles. The van der Waals surface area contributed by atoms with Gasteiger partial charge in [0.25, 0.3) is 0 Å². The van der Waals surface area contributed by atoms with E-state index in [0.717, 1.165) is 34.6 Å². The average Bonchev–Trinajstić information content (AvgIpc) is 2.97. The molecule has 0 aromatic heterocycles. The van der Waals surface area contributed by atoms with Crippen LogP contribution in [0.1, 0.15) is 11.1 Å². The lowest BCUT2D eigenvalue weighted by Gasteiger charge is -2.05. The topological polar surface area (TPSA) is 105 Å². The Bertz CT molecular complexity index is 1340. The summed E-state index contributed by atoms with van der Waals surface area (Å²) in [5.41, 5.74) is 2.24. The van der Waals surface area contributed by atoms with Crippen LogP contribution in [0.3, 0.4) is 0 Å². The summed E-state index contributed by atoms with van der Waals surface area (Å²) in [4.78, 5) is 21.0. The predicted molar refractivity (Wildman–Crippen MR) is 154 cm³/mol. The molecule has 0 spiro atoms. The number of thiol groups is 1. The first kappa shape index (κ1) is 31.1. The number of nitro benzene ring substituents is 2. The minimum atomic E-state index is -0.627. The fourth-order valence-corrected chi connectivity index (χ4v) is 4.12. The Morgan fingerprint density at radius 1 is 0.744 bits per heavy atom. The number of benzene rings is 4. The minimum absolute atomic E-state index is 0.00781. The molecule has 4 rings (SSSR count). The molecule has 4 aromatic rings. The number of rotatable bonds is 8. The molecule has 0 N–H and O–H groups in total. The Morgan fingerprint density at radius 2 is 1.23 bits per heavy atom. The largest absolute Gasteiger partial charge is 0.490 e. The van der Waals surface area contributed by atoms with Crippen molar-refractivity contribution in [2.45, 2.75) is 16.4 Å². The van der Waals surface area contributed by atoms with Gasteiger partial charge in [0.2, 0.25) is 0 Å². The maximum Gasteiger partial charge on any atom is 0.311 e. The van der Waals surface area contributed by atoms with Crippen LogP contribution in [0.25, 0.3) is 0 Å². The molecule has 4 aromatic carbocycles. The van der Waals surface area contributed by atoms with E-state index in [1.807, 2.05) is 36.4 Å². The third-order valence-corrected chi connectivity index (χ3v) is 6.39. The second kappa shape index (κ2) is 16.7. The van der Waals surface area contributed by atoms with Gasteiger partial charge in [-0.3, -0.25) is 20.2 Å². The number of nitro groups is 2. The van der Waals surface area contributed by atoms with E-state index in [1.54, 1.807) is 23.9 Å². The molecule has 8 nitrogen and oxygen atoms in total. The monoisotopic (exact) mass is 570 g/mol. The average molecular weight is 571 g/mol. The standard InChI is InChI=1S/C14H13NO3S.C7H6FNO3.C7H8S/c1-18-14-9-12(7-8-13(14)15(16)17)19-10-11-5-3-2-4-6-11;1-12-7-4-5(8)2-3-6(7)9(10)11;8-6-7-4-2-1-3-5-7/h2-9H,10H2,1H3;2-4H,1H3;1-5,8H,6H2. The molecule has 0 amide bonds. The van der Waals surface area contributed by atoms with Crippen molar-refractivity contribution in [1.82, 2.24) is 0 Å². The molecule has 0 unspecified atom stereocenters. The molecule has 0 atom stereocenters. The fraction of sp³-hybridized carbons (Fsp3) is 0.143. The molecule has 0 aliphatic carbocycles. The van der Waals surface area contributed by atoms with Crippen LogP contribution in [0.15, 0.2) is 102 Å². The van der Waals surface area contributed by atoms with Crippen LogP contribution < -0.4 is 9.47 Å². The van der Waals surface area contributed by atoms with Crippen LogP contribution in [-0.2, 0) is 11.5 Å². The summed E-state index contributed by atoms with van der Waals surface area (Å²) in [7, 11) is 2.69. The van der Waals surface area contributed by atoms with Gasteiger partial charge in [-0.1, -0.05) is 60.7 Å². The second-order valence-electron chi connectivity index (χ2n) is 7.58. The van der Waals surface area contributed by atoms with Gasteiger partial charge in [0, 0.05) is 40.7 Å². The van der Waals surface area contributed by atoms with Gasteiger partial charge >= 0.3 is 11.4 Å². The third kappa shape index (κ3) is 10.7. The number of thioether (sulfide) groups is 1. The number of hydrogen-bond acceptors (Lipinski definition) is 8. The van der Waals surface area contributed by atoms with Crippen LogP contribution in [0, 0.1) is 26.0 Å². The summed E-state index contributed by atoms with van der Waals surface area (Å²) in [6, 6.07) is 28.2. The van der Waals surface area contributed by atoms with Crippen LogP contribution in [0.4, 0.5) is 15.8 Å². The van der Waals surface area contributed by atoms with Crippen molar-refractivity contribution in [2.75, 3.05) is 14.2 Å². The Kier molecular flexibility index (Phi) is 13.3. The van der Waals surface area contributed by atoms with Crippen molar-refractivity contribution in [3.63, 3.8) is 0 Å². The van der Waals surface area contributed by atoms with Gasteiger partial charge in [-0.25, -0.2) is 4.39 Å². The Balaban J connectivity index is 0.000000227. The molecule has 0 bridgehead atoms. The Morgan fingerprint density at radius 3 is 1.69 bits per heavy atom. The highest BCUT2D eigenvalue weighted by molar-refractivity contribution is 7.98. The van der Waals surface area contributed by atoms with Gasteiger partial charge < -0.3 is 9.47 Å². The van der Waals surface area contributed by atoms with E-state index in [4.69, 9.17) is 4.74 Å². The quantitative estimate of drug-likeness (QED) is 0.0999. The molecule has 11 heteroatoms. The van der Waals surface area contributed by atoms with Crippen molar-refractivity contribution in [3.8, 4) is 11.5 Å². The van der Waals surface area contributed by atoms with Gasteiger partial charge in [-0.05, 0) is 23.3 Å². The highest BCUT2D eigenvalue weighted by Gasteiger charge is 2.15. The number of ether oxygens (including phenoxy) is 2. The molecule has 204 valence electrons. The van der Waals surface area contributed by atoms with Crippen LogP contribution in [0.5, 0.6) is 11.5 Å². The first-order valence-corrected chi connectivity index (χ1v) is 13.0. The van der Waals surface area contributed by atoms with E-state index in [0.29, 0.717) is 5.75 Å². The third-order valence-electron chi connectivity index (χ3n) is 4.96. The number of methoxy groups -OCH3 is 2. The fourth-order valence-electron chi connectivity index (χ4n) is 3.03. The predicted octanol–water partition coefficient (Wildman–Crippen LogP) is 7.75. The van der Waals surface area contributed by atoms with E-state index in [-0.39, 0.29) is 17.1 Å². The zero-order valence-corrected chi connectivity index (χ0v) is 22.9. The number of hydrogen-bond donors (Lipinski definition) is 1. The zero-order valence-electron chi connectivity index (χ0n) is 21.2. The molecular weight excluding hydrogens is 543 g/mol. The molecule has 0 aliphatic heterocycles. The lowest BCUT2D eigenvalue weighted by Crippen LogP contribution is -1.93. The van der Waals surface area contributed by atoms with Crippen LogP contribution in [-0.4, -0.2) is 24.1 Å². The lowest BCUT2D eigenvalue weighted by molar-refractivity contribution is -0.385. The number of nitrogens with zero attached hydrogens (tertiary/aromatic N) is 2.